The van der Waals surface area contributed by atoms with Crippen LogP contribution in [0, 0.1) is 5.92 Å². The van der Waals surface area contributed by atoms with Crippen LogP contribution in [-0.2, 0) is 39.2 Å². The molecule has 45 heavy (non-hydrogen) atoms. The fourth-order valence-electron chi connectivity index (χ4n) is 5.97. The van der Waals surface area contributed by atoms with E-state index in [0.29, 0.717) is 55.5 Å². The summed E-state index contributed by atoms with van der Waals surface area (Å²) in [5, 5.41) is 0. The van der Waals surface area contributed by atoms with E-state index in [2.05, 4.69) is 4.90 Å². The second-order valence-corrected chi connectivity index (χ2v) is 12.0. The molecule has 0 bridgehead atoms. The molecule has 2 atom stereocenters. The van der Waals surface area contributed by atoms with Crippen molar-refractivity contribution in [2.24, 2.45) is 11.7 Å². The lowest BCUT2D eigenvalue weighted by molar-refractivity contribution is -0.146. The van der Waals surface area contributed by atoms with Crippen molar-refractivity contribution in [2.75, 3.05) is 20.2 Å². The summed E-state index contributed by atoms with van der Waals surface area (Å²) < 4.78 is 79.2. The fourth-order valence-corrected chi connectivity index (χ4v) is 5.97. The molecule has 3 aliphatic rings. The number of hydrogen-bond acceptors (Lipinski definition) is 5. The van der Waals surface area contributed by atoms with E-state index in [1.54, 1.807) is 19.2 Å². The van der Waals surface area contributed by atoms with Crippen LogP contribution in [0.4, 0.5) is 22.0 Å². The normalized spacial score (nSPS) is 20.6. The third-order valence-corrected chi connectivity index (χ3v) is 8.75. The maximum Gasteiger partial charge on any atom is 0.416 e. The zero-order valence-corrected chi connectivity index (χ0v) is 25.3. The number of halogens is 5. The maximum atomic E-state index is 14.5. The number of allylic oxidation sites excluding steroid dienone is 2. The van der Waals surface area contributed by atoms with Crippen LogP contribution in [0.25, 0.3) is 0 Å². The highest BCUT2D eigenvalue weighted by Crippen LogP contribution is 2.49. The highest BCUT2D eigenvalue weighted by atomic mass is 19.4. The van der Waals surface area contributed by atoms with Crippen LogP contribution in [0.2, 0.25) is 0 Å². The molecule has 1 unspecified atom stereocenters. The number of benzene rings is 2. The molecular weight excluding hydrogens is 591 g/mol. The lowest BCUT2D eigenvalue weighted by atomic mass is 9.98. The molecule has 5 nitrogen and oxygen atoms in total. The zero-order valence-electron chi connectivity index (χ0n) is 25.3. The number of nitrogens with zero attached hydrogens (tertiary/aromatic N) is 1. The summed E-state index contributed by atoms with van der Waals surface area (Å²) in [6.45, 7) is 1.33. The first-order valence-electron chi connectivity index (χ1n) is 15.4. The van der Waals surface area contributed by atoms with Crippen LogP contribution in [0.3, 0.4) is 0 Å². The SMILES string of the molecule is COC1C=CC([C@H](CCN2CCC/C2=C(/N)Cc2ccc(C(F)(F)F)cc2)OC(=O)Cc2ccc(C(F)(F)C3CC3)cc2)=CC1. The van der Waals surface area contributed by atoms with Crippen molar-refractivity contribution >= 4 is 5.97 Å². The molecule has 242 valence electrons. The molecular formula is C35H39F5N2O3. The second kappa shape index (κ2) is 13.8. The number of nitrogens with two attached hydrogens (primary N) is 1. The summed E-state index contributed by atoms with van der Waals surface area (Å²) in [4.78, 5) is 15.2. The minimum Gasteiger partial charge on any atom is -0.457 e. The van der Waals surface area contributed by atoms with Gasteiger partial charge in [0.25, 0.3) is 5.92 Å². The van der Waals surface area contributed by atoms with E-state index in [4.69, 9.17) is 15.2 Å². The van der Waals surface area contributed by atoms with Crippen molar-refractivity contribution in [3.63, 3.8) is 0 Å². The van der Waals surface area contributed by atoms with Gasteiger partial charge in [-0.25, -0.2) is 8.78 Å². The summed E-state index contributed by atoms with van der Waals surface area (Å²) >= 11 is 0. The molecule has 0 aromatic heterocycles. The Kier molecular flexibility index (Phi) is 10.0. The first kappa shape index (κ1) is 32.7. The van der Waals surface area contributed by atoms with Gasteiger partial charge in [0.1, 0.15) is 6.10 Å². The second-order valence-electron chi connectivity index (χ2n) is 12.0. The first-order valence-corrected chi connectivity index (χ1v) is 15.4. The summed E-state index contributed by atoms with van der Waals surface area (Å²) in [5.74, 6) is -3.91. The molecule has 10 heteroatoms. The fraction of sp³-hybridized carbons (Fsp3) is 0.457. The van der Waals surface area contributed by atoms with E-state index in [9.17, 15) is 26.7 Å². The molecule has 0 spiro atoms. The quantitative estimate of drug-likeness (QED) is 0.195. The summed E-state index contributed by atoms with van der Waals surface area (Å²) in [7, 11) is 1.63. The number of carbonyl (C=O) groups excluding carboxylic acids is 1. The lowest BCUT2D eigenvalue weighted by Gasteiger charge is -2.27. The predicted octanol–water partition coefficient (Wildman–Crippen LogP) is 7.46. The van der Waals surface area contributed by atoms with Crippen molar-refractivity contribution in [1.82, 2.24) is 4.90 Å². The maximum absolute atomic E-state index is 14.5. The highest BCUT2D eigenvalue weighted by molar-refractivity contribution is 5.73. The van der Waals surface area contributed by atoms with Crippen LogP contribution < -0.4 is 5.73 Å². The summed E-state index contributed by atoms with van der Waals surface area (Å²) in [6.07, 6.45) is 4.96. The third-order valence-electron chi connectivity index (χ3n) is 8.75. The van der Waals surface area contributed by atoms with Gasteiger partial charge in [-0.3, -0.25) is 4.79 Å². The third kappa shape index (κ3) is 8.34. The molecule has 1 saturated heterocycles. The van der Waals surface area contributed by atoms with Gasteiger partial charge in [-0.1, -0.05) is 54.6 Å². The molecule has 2 aromatic rings. The number of likely N-dealkylation sites (tertiary alicyclic amines) is 1. The average molecular weight is 631 g/mol. The number of ether oxygens (including phenoxy) is 2. The van der Waals surface area contributed by atoms with E-state index in [-0.39, 0.29) is 18.1 Å². The van der Waals surface area contributed by atoms with E-state index in [1.807, 2.05) is 18.2 Å². The van der Waals surface area contributed by atoms with Gasteiger partial charge in [-0.05, 0) is 60.9 Å². The monoisotopic (exact) mass is 630 g/mol. The van der Waals surface area contributed by atoms with Crippen molar-refractivity contribution in [2.45, 2.75) is 75.7 Å². The Hall–Kier alpha value is -3.66. The van der Waals surface area contributed by atoms with Crippen LogP contribution in [0.5, 0.6) is 0 Å². The summed E-state index contributed by atoms with van der Waals surface area (Å²) in [6, 6.07) is 10.9. The standard InChI is InChI=1S/C35H39F5N2O3/c1-44-29-16-8-25(9-17-29)32(45-33(43)22-24-4-10-26(11-5-24)34(36,37)27-14-15-27)18-20-42-19-2-3-31(42)30(41)21-23-6-12-28(13-7-23)35(38,39)40/h4-13,16,27,29,32H,2-3,14-15,17-22,41H2,1H3/b31-30-/t29?,32-/m0/s1. The van der Waals surface area contributed by atoms with Gasteiger partial charge in [0, 0.05) is 55.9 Å². The van der Waals surface area contributed by atoms with Crippen LogP contribution in [0.1, 0.15) is 60.8 Å². The van der Waals surface area contributed by atoms with Gasteiger partial charge in [0.05, 0.1) is 18.1 Å². The number of alkyl halides is 5. The van der Waals surface area contributed by atoms with Crippen molar-refractivity contribution < 1.29 is 36.2 Å². The van der Waals surface area contributed by atoms with Crippen molar-refractivity contribution in [1.29, 1.82) is 0 Å². The van der Waals surface area contributed by atoms with Crippen LogP contribution >= 0.6 is 0 Å². The Morgan fingerprint density at radius 2 is 1.62 bits per heavy atom. The molecule has 2 aliphatic carbocycles. The van der Waals surface area contributed by atoms with Gasteiger partial charge in [0.2, 0.25) is 0 Å². The van der Waals surface area contributed by atoms with Crippen molar-refractivity contribution in [3.8, 4) is 0 Å². The van der Waals surface area contributed by atoms with E-state index in [0.717, 1.165) is 42.8 Å². The first-order chi connectivity index (χ1) is 21.4. The number of esters is 1. The van der Waals surface area contributed by atoms with Gasteiger partial charge < -0.3 is 20.1 Å². The van der Waals surface area contributed by atoms with Gasteiger partial charge in [-0.2, -0.15) is 13.2 Å². The molecule has 5 rings (SSSR count). The summed E-state index contributed by atoms with van der Waals surface area (Å²) in [5.41, 5.74) is 9.46. The minimum absolute atomic E-state index is 0.0303. The predicted molar refractivity (Wildman–Crippen MR) is 161 cm³/mol. The molecule has 1 aliphatic heterocycles. The average Bonchev–Trinajstić information content (AvgIpc) is 3.78. The van der Waals surface area contributed by atoms with E-state index >= 15 is 0 Å². The molecule has 1 heterocycles. The number of rotatable bonds is 12. The van der Waals surface area contributed by atoms with Crippen molar-refractivity contribution in [3.05, 3.63) is 106 Å². The number of hydrogen-bond donors (Lipinski definition) is 1. The molecule has 2 fully saturated rings. The highest BCUT2D eigenvalue weighted by Gasteiger charge is 2.47. The Bertz CT molecular complexity index is 1430. The molecule has 0 radical (unpaired) electrons. The smallest absolute Gasteiger partial charge is 0.416 e. The van der Waals surface area contributed by atoms with Crippen LogP contribution in [-0.4, -0.2) is 43.3 Å². The Morgan fingerprint density at radius 3 is 2.20 bits per heavy atom. The Morgan fingerprint density at radius 1 is 0.978 bits per heavy atom. The lowest BCUT2D eigenvalue weighted by Crippen LogP contribution is -2.29. The molecule has 2 N–H and O–H groups in total. The zero-order chi connectivity index (χ0) is 32.2. The number of methoxy groups -OCH3 is 1. The largest absolute Gasteiger partial charge is 0.457 e. The molecule has 2 aromatic carbocycles. The van der Waals surface area contributed by atoms with Gasteiger partial charge in [-0.15, -0.1) is 0 Å². The molecule has 0 amide bonds. The van der Waals surface area contributed by atoms with Gasteiger partial charge in [0.15, 0.2) is 0 Å². The van der Waals surface area contributed by atoms with E-state index in [1.165, 1.54) is 24.3 Å². The Labute approximate surface area is 260 Å². The van der Waals surface area contributed by atoms with Crippen LogP contribution in [0.15, 0.2) is 83.7 Å². The minimum atomic E-state index is -4.39. The number of carbonyl (C=O) groups is 1. The van der Waals surface area contributed by atoms with Gasteiger partial charge >= 0.3 is 12.1 Å². The Balaban J connectivity index is 1.23. The van der Waals surface area contributed by atoms with E-state index < -0.39 is 35.7 Å². The topological polar surface area (TPSA) is 64.8 Å². The molecule has 1 saturated carbocycles.